The summed E-state index contributed by atoms with van der Waals surface area (Å²) in [5, 5.41) is 6.63. The molecule has 0 unspecified atom stereocenters. The Morgan fingerprint density at radius 3 is 2.95 bits per heavy atom. The third kappa shape index (κ3) is 2.43. The van der Waals surface area contributed by atoms with Crippen molar-refractivity contribution in [2.45, 2.75) is 25.3 Å². The molecule has 0 aromatic carbocycles. The van der Waals surface area contributed by atoms with Gasteiger partial charge < -0.3 is 4.52 Å². The molecule has 3 aromatic heterocycles. The lowest BCUT2D eigenvalue weighted by Gasteiger charge is -2.30. The first-order chi connectivity index (χ1) is 10.8. The molecule has 7 heteroatoms. The van der Waals surface area contributed by atoms with E-state index in [1.54, 1.807) is 24.5 Å². The Morgan fingerprint density at radius 2 is 2.18 bits per heavy atom. The van der Waals surface area contributed by atoms with Crippen molar-refractivity contribution in [3.8, 4) is 0 Å². The third-order valence-corrected chi connectivity index (χ3v) is 4.27. The van der Waals surface area contributed by atoms with Crippen LogP contribution in [0.3, 0.4) is 0 Å². The van der Waals surface area contributed by atoms with Crippen molar-refractivity contribution >= 4 is 5.65 Å². The monoisotopic (exact) mass is 299 g/mol. The van der Waals surface area contributed by atoms with Gasteiger partial charge in [0, 0.05) is 36.9 Å². The Bertz CT molecular complexity index is 812. The summed E-state index contributed by atoms with van der Waals surface area (Å²) in [5.41, 5.74) is 1.42. The van der Waals surface area contributed by atoms with Crippen LogP contribution in [0.2, 0.25) is 0 Å². The van der Waals surface area contributed by atoms with E-state index in [0.717, 1.165) is 37.4 Å². The Morgan fingerprint density at radius 1 is 1.32 bits per heavy atom. The van der Waals surface area contributed by atoms with Gasteiger partial charge in [0.1, 0.15) is 5.76 Å². The molecule has 1 aliphatic heterocycles. The van der Waals surface area contributed by atoms with Gasteiger partial charge in [-0.15, -0.1) is 0 Å². The summed E-state index contributed by atoms with van der Waals surface area (Å²) >= 11 is 0. The number of aromatic nitrogens is 4. The van der Waals surface area contributed by atoms with Crippen LogP contribution in [0.4, 0.5) is 0 Å². The summed E-state index contributed by atoms with van der Waals surface area (Å²) in [4.78, 5) is 18.8. The second kappa shape index (κ2) is 5.42. The number of H-pyrrole nitrogens is 1. The van der Waals surface area contributed by atoms with E-state index in [-0.39, 0.29) is 5.56 Å². The SMILES string of the molecule is O=c1cc(CN2CCC(c3ccno3)CC2)nc2cc[nH]n12. The molecule has 22 heavy (non-hydrogen) atoms. The van der Waals surface area contributed by atoms with Crippen LogP contribution >= 0.6 is 0 Å². The van der Waals surface area contributed by atoms with Crippen molar-refractivity contribution in [3.63, 3.8) is 0 Å². The fraction of sp³-hybridized carbons (Fsp3) is 0.400. The minimum atomic E-state index is -0.0680. The van der Waals surface area contributed by atoms with Crippen molar-refractivity contribution in [3.05, 3.63) is 52.4 Å². The number of likely N-dealkylation sites (tertiary alicyclic amines) is 1. The van der Waals surface area contributed by atoms with Gasteiger partial charge in [-0.2, -0.15) is 0 Å². The standard InChI is InChI=1S/C15H17N5O2/c21-15-9-12(18-14-2-5-16-20(14)15)10-19-7-3-11(4-8-19)13-1-6-17-22-13/h1-2,5-6,9,11,16H,3-4,7-8,10H2. The first-order valence-electron chi connectivity index (χ1n) is 7.48. The maximum Gasteiger partial charge on any atom is 0.272 e. The van der Waals surface area contributed by atoms with Gasteiger partial charge in [-0.1, -0.05) is 5.16 Å². The molecule has 4 rings (SSSR count). The quantitative estimate of drug-likeness (QED) is 0.790. The summed E-state index contributed by atoms with van der Waals surface area (Å²) in [6, 6.07) is 5.36. The Hall–Kier alpha value is -2.41. The fourth-order valence-corrected chi connectivity index (χ4v) is 3.10. The molecule has 4 heterocycles. The number of rotatable bonds is 3. The molecule has 0 amide bonds. The molecule has 0 radical (unpaired) electrons. The van der Waals surface area contributed by atoms with E-state index in [1.807, 2.05) is 6.07 Å². The number of nitrogens with one attached hydrogen (secondary N) is 1. The highest BCUT2D eigenvalue weighted by Gasteiger charge is 2.23. The molecule has 1 aliphatic rings. The molecule has 0 aliphatic carbocycles. The first-order valence-corrected chi connectivity index (χ1v) is 7.48. The Balaban J connectivity index is 1.44. The molecule has 0 saturated carbocycles. The van der Waals surface area contributed by atoms with E-state index in [2.05, 4.69) is 20.1 Å². The summed E-state index contributed by atoms with van der Waals surface area (Å²) in [5.74, 6) is 1.43. The van der Waals surface area contributed by atoms with E-state index in [0.29, 0.717) is 18.1 Å². The molecular weight excluding hydrogens is 282 g/mol. The van der Waals surface area contributed by atoms with Gasteiger partial charge in [-0.3, -0.25) is 14.8 Å². The molecule has 1 fully saturated rings. The minimum Gasteiger partial charge on any atom is -0.361 e. The van der Waals surface area contributed by atoms with Gasteiger partial charge in [0.25, 0.3) is 5.56 Å². The van der Waals surface area contributed by atoms with E-state index in [1.165, 1.54) is 4.52 Å². The minimum absolute atomic E-state index is 0.0680. The maximum atomic E-state index is 12.0. The zero-order valence-corrected chi connectivity index (χ0v) is 12.1. The van der Waals surface area contributed by atoms with E-state index >= 15 is 0 Å². The van der Waals surface area contributed by atoms with E-state index in [9.17, 15) is 4.79 Å². The molecule has 3 aromatic rings. The number of hydrogen-bond donors (Lipinski definition) is 1. The number of aromatic amines is 1. The Labute approximate surface area is 126 Å². The summed E-state index contributed by atoms with van der Waals surface area (Å²) in [7, 11) is 0. The highest BCUT2D eigenvalue weighted by atomic mass is 16.5. The van der Waals surface area contributed by atoms with Crippen LogP contribution in [-0.2, 0) is 6.54 Å². The molecule has 1 N–H and O–H groups in total. The predicted molar refractivity (Wildman–Crippen MR) is 79.6 cm³/mol. The fourth-order valence-electron chi connectivity index (χ4n) is 3.10. The zero-order chi connectivity index (χ0) is 14.9. The first kappa shape index (κ1) is 13.3. The van der Waals surface area contributed by atoms with Crippen LogP contribution in [0.25, 0.3) is 5.65 Å². The normalized spacial score (nSPS) is 17.3. The molecule has 0 spiro atoms. The van der Waals surface area contributed by atoms with Crippen LogP contribution in [0.1, 0.15) is 30.2 Å². The van der Waals surface area contributed by atoms with Gasteiger partial charge in [0.2, 0.25) is 0 Å². The molecular formula is C15H17N5O2. The second-order valence-electron chi connectivity index (χ2n) is 5.71. The highest BCUT2D eigenvalue weighted by Crippen LogP contribution is 2.27. The second-order valence-corrected chi connectivity index (χ2v) is 5.71. The maximum absolute atomic E-state index is 12.0. The van der Waals surface area contributed by atoms with Gasteiger partial charge in [-0.05, 0) is 25.9 Å². The van der Waals surface area contributed by atoms with Crippen molar-refractivity contribution in [2.24, 2.45) is 0 Å². The topological polar surface area (TPSA) is 79.4 Å². The third-order valence-electron chi connectivity index (χ3n) is 4.27. The molecule has 114 valence electrons. The smallest absolute Gasteiger partial charge is 0.272 e. The number of piperidine rings is 1. The molecule has 1 saturated heterocycles. The van der Waals surface area contributed by atoms with E-state index in [4.69, 9.17) is 4.52 Å². The van der Waals surface area contributed by atoms with Crippen molar-refractivity contribution in [1.29, 1.82) is 0 Å². The van der Waals surface area contributed by atoms with Gasteiger partial charge >= 0.3 is 0 Å². The van der Waals surface area contributed by atoms with Gasteiger partial charge in [-0.25, -0.2) is 9.50 Å². The lowest BCUT2D eigenvalue weighted by atomic mass is 9.94. The van der Waals surface area contributed by atoms with Crippen molar-refractivity contribution in [2.75, 3.05) is 13.1 Å². The molecule has 0 atom stereocenters. The lowest BCUT2D eigenvalue weighted by Crippen LogP contribution is -2.33. The summed E-state index contributed by atoms with van der Waals surface area (Å²) in [6.07, 6.45) is 5.50. The van der Waals surface area contributed by atoms with Gasteiger partial charge in [0.15, 0.2) is 5.65 Å². The Kier molecular flexibility index (Phi) is 3.27. The number of hydrogen-bond acceptors (Lipinski definition) is 5. The largest absolute Gasteiger partial charge is 0.361 e. The van der Waals surface area contributed by atoms with Crippen molar-refractivity contribution in [1.82, 2.24) is 24.7 Å². The van der Waals surface area contributed by atoms with Crippen molar-refractivity contribution < 1.29 is 4.52 Å². The molecule has 0 bridgehead atoms. The zero-order valence-electron chi connectivity index (χ0n) is 12.1. The lowest BCUT2D eigenvalue weighted by molar-refractivity contribution is 0.188. The summed E-state index contributed by atoms with van der Waals surface area (Å²) < 4.78 is 6.70. The molecule has 7 nitrogen and oxygen atoms in total. The van der Waals surface area contributed by atoms with E-state index < -0.39 is 0 Å². The highest BCUT2D eigenvalue weighted by molar-refractivity contribution is 5.36. The average molecular weight is 299 g/mol. The number of fused-ring (bicyclic) bond motifs is 1. The predicted octanol–water partition coefficient (Wildman–Crippen LogP) is 1.39. The average Bonchev–Trinajstić information content (AvgIpc) is 3.19. The van der Waals surface area contributed by atoms with Crippen LogP contribution in [0.15, 0.2) is 39.9 Å². The number of nitrogens with zero attached hydrogens (tertiary/aromatic N) is 4. The van der Waals surface area contributed by atoms with Crippen LogP contribution in [0.5, 0.6) is 0 Å². The van der Waals surface area contributed by atoms with Crippen LogP contribution in [-0.4, -0.2) is 37.7 Å². The van der Waals surface area contributed by atoms with Crippen LogP contribution in [0, 0.1) is 0 Å². The summed E-state index contributed by atoms with van der Waals surface area (Å²) in [6.45, 7) is 2.65. The van der Waals surface area contributed by atoms with Gasteiger partial charge in [0.05, 0.1) is 11.9 Å². The van der Waals surface area contributed by atoms with Crippen LogP contribution < -0.4 is 5.56 Å².